The molecule has 0 aliphatic heterocycles. The Hall–Kier alpha value is -2.14. The van der Waals surface area contributed by atoms with Crippen LogP contribution in [0, 0.1) is 6.92 Å². The van der Waals surface area contributed by atoms with Crippen LogP contribution in [0.15, 0.2) is 30.3 Å². The summed E-state index contributed by atoms with van der Waals surface area (Å²) < 4.78 is 0. The number of carboxylic acids is 1. The quantitative estimate of drug-likeness (QED) is 0.861. The van der Waals surface area contributed by atoms with Crippen LogP contribution in [0.1, 0.15) is 46.4 Å². The summed E-state index contributed by atoms with van der Waals surface area (Å²) >= 11 is 1.51. The maximum atomic E-state index is 12.3. The van der Waals surface area contributed by atoms with Crippen molar-refractivity contribution < 1.29 is 14.7 Å². The molecule has 0 saturated carbocycles. The normalized spacial score (nSPS) is 11.3. The molecule has 5 heteroatoms. The van der Waals surface area contributed by atoms with Gasteiger partial charge in [-0.1, -0.05) is 19.1 Å². The summed E-state index contributed by atoms with van der Waals surface area (Å²) in [4.78, 5) is 25.5. The molecule has 0 saturated heterocycles. The van der Waals surface area contributed by atoms with Crippen LogP contribution in [0.25, 0.3) is 0 Å². The number of carbonyl (C=O) groups excluding carboxylic acids is 1. The second-order valence-corrected chi connectivity index (χ2v) is 7.17. The highest BCUT2D eigenvalue weighted by Gasteiger charge is 2.29. The van der Waals surface area contributed by atoms with Crippen molar-refractivity contribution in [2.75, 3.05) is 5.32 Å². The number of hydrogen-bond donors (Lipinski definition) is 2. The van der Waals surface area contributed by atoms with Crippen LogP contribution in [-0.2, 0) is 16.6 Å². The second-order valence-electron chi connectivity index (χ2n) is 6.03. The third kappa shape index (κ3) is 3.62. The van der Waals surface area contributed by atoms with Gasteiger partial charge in [-0.2, -0.15) is 0 Å². The molecule has 1 heterocycles. The van der Waals surface area contributed by atoms with Gasteiger partial charge < -0.3 is 10.4 Å². The smallest absolute Gasteiger partial charge is 0.313 e. The van der Waals surface area contributed by atoms with E-state index in [9.17, 15) is 14.7 Å². The van der Waals surface area contributed by atoms with Crippen molar-refractivity contribution in [1.82, 2.24) is 0 Å². The SMILES string of the molecule is CCc1sc(C(=O)Nc2ccc(C(C)(C)C(=O)O)cc2)cc1C. The molecular weight excluding hydrogens is 310 g/mol. The molecule has 2 aromatic rings. The van der Waals surface area contributed by atoms with E-state index in [1.165, 1.54) is 16.2 Å². The molecule has 2 rings (SSSR count). The van der Waals surface area contributed by atoms with Crippen LogP contribution in [0.4, 0.5) is 5.69 Å². The predicted molar refractivity (Wildman–Crippen MR) is 93.5 cm³/mol. The van der Waals surface area contributed by atoms with Crippen LogP contribution in [0.5, 0.6) is 0 Å². The summed E-state index contributed by atoms with van der Waals surface area (Å²) in [5.41, 5.74) is 1.54. The van der Waals surface area contributed by atoms with E-state index in [0.717, 1.165) is 12.0 Å². The monoisotopic (exact) mass is 331 g/mol. The second kappa shape index (κ2) is 6.54. The van der Waals surface area contributed by atoms with E-state index in [1.807, 2.05) is 13.0 Å². The first-order valence-electron chi connectivity index (χ1n) is 7.50. The zero-order chi connectivity index (χ0) is 17.2. The average molecular weight is 331 g/mol. The van der Waals surface area contributed by atoms with Crippen molar-refractivity contribution in [2.24, 2.45) is 0 Å². The molecule has 1 aromatic heterocycles. The van der Waals surface area contributed by atoms with Crippen molar-refractivity contribution in [3.8, 4) is 0 Å². The van der Waals surface area contributed by atoms with Gasteiger partial charge in [0.2, 0.25) is 0 Å². The third-order valence-corrected chi connectivity index (χ3v) is 5.34. The van der Waals surface area contributed by atoms with Crippen molar-refractivity contribution >= 4 is 28.9 Å². The van der Waals surface area contributed by atoms with E-state index in [-0.39, 0.29) is 5.91 Å². The highest BCUT2D eigenvalue weighted by atomic mass is 32.1. The molecule has 0 bridgehead atoms. The number of aliphatic carboxylic acids is 1. The minimum Gasteiger partial charge on any atom is -0.481 e. The number of amides is 1. The molecule has 0 fully saturated rings. The Bertz CT molecular complexity index is 729. The van der Waals surface area contributed by atoms with Crippen LogP contribution in [0.3, 0.4) is 0 Å². The molecule has 0 aliphatic rings. The van der Waals surface area contributed by atoms with Crippen LogP contribution in [0.2, 0.25) is 0 Å². The number of carbonyl (C=O) groups is 2. The van der Waals surface area contributed by atoms with E-state index in [0.29, 0.717) is 16.1 Å². The minimum atomic E-state index is -0.955. The maximum absolute atomic E-state index is 12.3. The number of aryl methyl sites for hydroxylation is 2. The largest absolute Gasteiger partial charge is 0.481 e. The van der Waals surface area contributed by atoms with Gasteiger partial charge in [0.1, 0.15) is 0 Å². The number of nitrogens with one attached hydrogen (secondary N) is 1. The Morgan fingerprint density at radius 1 is 1.22 bits per heavy atom. The summed E-state index contributed by atoms with van der Waals surface area (Å²) in [5.74, 6) is -1.02. The van der Waals surface area contributed by atoms with Gasteiger partial charge in [0.05, 0.1) is 10.3 Å². The lowest BCUT2D eigenvalue weighted by molar-refractivity contribution is -0.142. The first kappa shape index (κ1) is 17.2. The lowest BCUT2D eigenvalue weighted by atomic mass is 9.85. The number of thiophene rings is 1. The molecule has 1 amide bonds. The van der Waals surface area contributed by atoms with Gasteiger partial charge in [0.15, 0.2) is 0 Å². The van der Waals surface area contributed by atoms with Crippen LogP contribution < -0.4 is 5.32 Å². The lowest BCUT2D eigenvalue weighted by Crippen LogP contribution is -2.28. The summed E-state index contributed by atoms with van der Waals surface area (Å²) in [5, 5.41) is 12.1. The van der Waals surface area contributed by atoms with E-state index in [1.54, 1.807) is 38.1 Å². The number of carboxylic acid groups (broad SMARTS) is 1. The van der Waals surface area contributed by atoms with Gasteiger partial charge in [-0.05, 0) is 56.5 Å². The fourth-order valence-corrected chi connectivity index (χ4v) is 3.28. The Morgan fingerprint density at radius 3 is 2.30 bits per heavy atom. The lowest BCUT2D eigenvalue weighted by Gasteiger charge is -2.19. The summed E-state index contributed by atoms with van der Waals surface area (Å²) in [7, 11) is 0. The number of benzene rings is 1. The molecule has 0 radical (unpaired) electrons. The zero-order valence-corrected chi connectivity index (χ0v) is 14.6. The van der Waals surface area contributed by atoms with E-state index < -0.39 is 11.4 Å². The average Bonchev–Trinajstić information content (AvgIpc) is 2.89. The van der Waals surface area contributed by atoms with Crippen molar-refractivity contribution in [3.05, 3.63) is 51.2 Å². The first-order valence-corrected chi connectivity index (χ1v) is 8.32. The number of rotatable bonds is 5. The predicted octanol–water partition coefficient (Wildman–Crippen LogP) is 4.23. The molecule has 0 spiro atoms. The van der Waals surface area contributed by atoms with Gasteiger partial charge in [0.25, 0.3) is 5.91 Å². The van der Waals surface area contributed by atoms with Gasteiger partial charge in [0, 0.05) is 10.6 Å². The Balaban J connectivity index is 2.14. The first-order chi connectivity index (χ1) is 10.8. The van der Waals surface area contributed by atoms with E-state index in [2.05, 4.69) is 12.2 Å². The minimum absolute atomic E-state index is 0.136. The number of hydrogen-bond acceptors (Lipinski definition) is 3. The summed E-state index contributed by atoms with van der Waals surface area (Å²) in [6, 6.07) is 8.85. The Morgan fingerprint density at radius 2 is 1.83 bits per heavy atom. The maximum Gasteiger partial charge on any atom is 0.313 e. The topological polar surface area (TPSA) is 66.4 Å². The highest BCUT2D eigenvalue weighted by molar-refractivity contribution is 7.14. The van der Waals surface area contributed by atoms with Crippen molar-refractivity contribution in [1.29, 1.82) is 0 Å². The van der Waals surface area contributed by atoms with Crippen molar-refractivity contribution in [2.45, 2.75) is 39.5 Å². The molecule has 0 aliphatic carbocycles. The third-order valence-electron chi connectivity index (χ3n) is 3.96. The Labute approximate surface area is 140 Å². The standard InChI is InChI=1S/C18H21NO3S/c1-5-14-11(2)10-15(23-14)16(20)19-13-8-6-12(7-9-13)18(3,4)17(21)22/h6-10H,5H2,1-4H3,(H,19,20)(H,21,22). The highest BCUT2D eigenvalue weighted by Crippen LogP contribution is 2.26. The van der Waals surface area contributed by atoms with Gasteiger partial charge in [-0.15, -0.1) is 11.3 Å². The molecule has 23 heavy (non-hydrogen) atoms. The molecule has 4 nitrogen and oxygen atoms in total. The molecule has 122 valence electrons. The van der Waals surface area contributed by atoms with Crippen molar-refractivity contribution in [3.63, 3.8) is 0 Å². The zero-order valence-electron chi connectivity index (χ0n) is 13.8. The number of anilines is 1. The van der Waals surface area contributed by atoms with Gasteiger partial charge in [-0.3, -0.25) is 9.59 Å². The van der Waals surface area contributed by atoms with Crippen LogP contribution in [-0.4, -0.2) is 17.0 Å². The molecular formula is C18H21NO3S. The van der Waals surface area contributed by atoms with E-state index >= 15 is 0 Å². The summed E-state index contributed by atoms with van der Waals surface area (Å²) in [6.45, 7) is 7.39. The molecule has 0 unspecified atom stereocenters. The Kier molecular flexibility index (Phi) is 4.90. The molecule has 0 atom stereocenters. The van der Waals surface area contributed by atoms with E-state index in [4.69, 9.17) is 0 Å². The molecule has 2 N–H and O–H groups in total. The fourth-order valence-electron chi connectivity index (χ4n) is 2.27. The fraction of sp³-hybridized carbons (Fsp3) is 0.333. The summed E-state index contributed by atoms with van der Waals surface area (Å²) in [6.07, 6.45) is 0.919. The van der Waals surface area contributed by atoms with Crippen LogP contribution >= 0.6 is 11.3 Å². The molecule has 1 aromatic carbocycles. The van der Waals surface area contributed by atoms with Gasteiger partial charge >= 0.3 is 5.97 Å². The van der Waals surface area contributed by atoms with Gasteiger partial charge in [-0.25, -0.2) is 0 Å².